The second kappa shape index (κ2) is 14.3. The van der Waals surface area contributed by atoms with E-state index in [0.29, 0.717) is 5.92 Å². The number of hydrogen-bond acceptors (Lipinski definition) is 3. The summed E-state index contributed by atoms with van der Waals surface area (Å²) in [5, 5.41) is 1.45. The quantitative estimate of drug-likeness (QED) is 0.215. The van der Waals surface area contributed by atoms with E-state index in [1.165, 1.54) is 10.8 Å². The number of rotatable bonds is 9. The Labute approximate surface area is 174 Å². The molecule has 0 N–H and O–H groups in total. The van der Waals surface area contributed by atoms with Crippen molar-refractivity contribution in [2.75, 3.05) is 21.3 Å². The van der Waals surface area contributed by atoms with E-state index in [1.54, 1.807) is 21.3 Å². The van der Waals surface area contributed by atoms with E-state index in [-0.39, 0.29) is 43.3 Å². The molecule has 1 aliphatic carbocycles. The van der Waals surface area contributed by atoms with E-state index in [0.717, 1.165) is 18.5 Å². The molecule has 0 spiro atoms. The summed E-state index contributed by atoms with van der Waals surface area (Å²) in [5.74, 6) is 0.359. The maximum Gasteiger partial charge on any atom is 4.00 e. The van der Waals surface area contributed by atoms with Crippen LogP contribution in [0.25, 0.3) is 0 Å². The summed E-state index contributed by atoms with van der Waals surface area (Å²) in [6, 6.07) is 1.88. The molecule has 0 radical (unpaired) electrons. The Hall–Kier alpha value is 0.222. The first-order chi connectivity index (χ1) is 9.85. The van der Waals surface area contributed by atoms with Crippen molar-refractivity contribution >= 4 is 16.9 Å². The van der Waals surface area contributed by atoms with Crippen LogP contribution in [0.5, 0.6) is 0 Å². The van der Waals surface area contributed by atoms with Crippen LogP contribution in [0.4, 0.5) is 0 Å². The summed E-state index contributed by atoms with van der Waals surface area (Å²) in [5.41, 5.74) is 1.41. The summed E-state index contributed by atoms with van der Waals surface area (Å²) in [4.78, 5) is 0. The maximum absolute atomic E-state index is 5.57. The first-order valence-electron chi connectivity index (χ1n) is 7.44. The average Bonchev–Trinajstić information content (AvgIpc) is 2.95. The van der Waals surface area contributed by atoms with Crippen LogP contribution in [-0.4, -0.2) is 38.2 Å². The van der Waals surface area contributed by atoms with Gasteiger partial charge in [0.25, 0.3) is 0 Å². The van der Waals surface area contributed by atoms with Crippen molar-refractivity contribution in [3.63, 3.8) is 0 Å². The molecule has 0 saturated carbocycles. The normalized spacial score (nSPS) is 14.6. The maximum atomic E-state index is 5.57. The van der Waals surface area contributed by atoms with E-state index in [9.17, 15) is 0 Å². The molecule has 0 fully saturated rings. The molecule has 0 heterocycles. The van der Waals surface area contributed by atoms with Gasteiger partial charge in [0.2, 0.25) is 0 Å². The fourth-order valence-corrected chi connectivity index (χ4v) is 7.60. The second-order valence-electron chi connectivity index (χ2n) is 6.19. The molecule has 1 rings (SSSR count). The third-order valence-corrected chi connectivity index (χ3v) is 10.3. The fraction of sp³-hybridized carbons (Fsp3) is 0.526. The Bertz CT molecular complexity index is 422. The van der Waals surface area contributed by atoms with Gasteiger partial charge >= 0.3 is 29.9 Å². The van der Waals surface area contributed by atoms with Crippen molar-refractivity contribution in [3.8, 4) is 0 Å². The predicted molar refractivity (Wildman–Crippen MR) is 112 cm³/mol. The van der Waals surface area contributed by atoms with Gasteiger partial charge in [0.15, 0.2) is 0 Å². The van der Waals surface area contributed by atoms with Crippen molar-refractivity contribution < 1.29 is 34.3 Å². The molecular formula is C19H38O3PtSi2. The van der Waals surface area contributed by atoms with Crippen molar-refractivity contribution in [3.05, 3.63) is 57.9 Å². The Balaban J connectivity index is -0.000000551. The molecule has 25 heavy (non-hydrogen) atoms. The third kappa shape index (κ3) is 8.19. The van der Waals surface area contributed by atoms with Crippen LogP contribution in [0, 0.1) is 34.3 Å². The predicted octanol–water partition coefficient (Wildman–Crippen LogP) is 5.34. The molecule has 0 aromatic heterocycles. The molecule has 0 saturated heterocycles. The van der Waals surface area contributed by atoms with Crippen LogP contribution in [0.2, 0.25) is 25.2 Å². The Morgan fingerprint density at radius 1 is 1.16 bits per heavy atom. The van der Waals surface area contributed by atoms with Gasteiger partial charge in [-0.25, -0.2) is 5.20 Å². The third-order valence-electron chi connectivity index (χ3n) is 4.24. The summed E-state index contributed by atoms with van der Waals surface area (Å²) in [6.07, 6.45) is 8.85. The molecule has 0 aromatic carbocycles. The van der Waals surface area contributed by atoms with Crippen molar-refractivity contribution in [1.29, 1.82) is 0 Å². The molecule has 0 aliphatic heterocycles. The zero-order valence-corrected chi connectivity index (χ0v) is 21.9. The molecule has 1 unspecified atom stereocenters. The molecule has 0 amide bonds. The van der Waals surface area contributed by atoms with Gasteiger partial charge in [0.05, 0.1) is 0 Å². The second-order valence-corrected chi connectivity index (χ2v) is 13.9. The minimum absolute atomic E-state index is 0. The zero-order chi connectivity index (χ0) is 16.1. The minimum atomic E-state index is -2.54. The van der Waals surface area contributed by atoms with Crippen LogP contribution < -0.4 is 0 Å². The van der Waals surface area contributed by atoms with Gasteiger partial charge < -0.3 is 35.6 Å². The van der Waals surface area contributed by atoms with E-state index >= 15 is 0 Å². The fourth-order valence-electron chi connectivity index (χ4n) is 2.99. The number of allylic oxidation sites excluding steroid dienone is 5. The van der Waals surface area contributed by atoms with Gasteiger partial charge in [0.1, 0.15) is 0 Å². The molecule has 1 aliphatic rings. The first-order valence-corrected chi connectivity index (χ1v) is 12.6. The van der Waals surface area contributed by atoms with Crippen LogP contribution in [0.15, 0.2) is 29.5 Å². The molecule has 6 heteroatoms. The largest absolute Gasteiger partial charge is 4.00 e. The molecule has 1 atom stereocenters. The smallest absolute Gasteiger partial charge is 0.377 e. The Morgan fingerprint density at radius 3 is 2.04 bits per heavy atom. The number of hydrogen-bond donors (Lipinski definition) is 0. The van der Waals surface area contributed by atoms with Crippen molar-refractivity contribution in [1.82, 2.24) is 0 Å². The van der Waals surface area contributed by atoms with Crippen LogP contribution in [-0.2, 0) is 34.3 Å². The van der Waals surface area contributed by atoms with Crippen LogP contribution in [0.1, 0.15) is 13.3 Å². The molecule has 0 bridgehead atoms. The minimum Gasteiger partial charge on any atom is -0.377 e. The van der Waals surface area contributed by atoms with Crippen LogP contribution in [0.3, 0.4) is 0 Å². The standard InChI is InChI=1S/C16H29O3Si2.3CH3.Pt/c1-8-12-20(6,7)16-11-9-10-15(16)14(2)13-21(17-3,18-4)19-5;;;;/h8,10,14H,1,9,12-13H2,2-7H3;3*1H3;/q4*-1;+4. The summed E-state index contributed by atoms with van der Waals surface area (Å²) in [7, 11) is 0.993. The molecule has 3 nitrogen and oxygen atoms in total. The monoisotopic (exact) mass is 565 g/mol. The molecule has 0 aromatic rings. The van der Waals surface area contributed by atoms with E-state index in [2.05, 4.69) is 38.7 Å². The summed E-state index contributed by atoms with van der Waals surface area (Å²) >= 11 is 0. The zero-order valence-electron chi connectivity index (χ0n) is 17.6. The average molecular weight is 566 g/mol. The van der Waals surface area contributed by atoms with Gasteiger partial charge in [0, 0.05) is 35.4 Å². The van der Waals surface area contributed by atoms with Gasteiger partial charge in [-0.05, 0) is 6.04 Å². The van der Waals surface area contributed by atoms with Gasteiger partial charge in [-0.15, -0.1) is 13.0 Å². The Morgan fingerprint density at radius 2 is 1.64 bits per heavy atom. The summed E-state index contributed by atoms with van der Waals surface area (Å²) in [6.45, 7) is 10.9. The van der Waals surface area contributed by atoms with Gasteiger partial charge in [-0.3, -0.25) is 6.08 Å². The topological polar surface area (TPSA) is 27.7 Å². The van der Waals surface area contributed by atoms with Crippen LogP contribution >= 0.6 is 0 Å². The first kappa shape index (κ1) is 32.9. The van der Waals surface area contributed by atoms with Crippen molar-refractivity contribution in [2.24, 2.45) is 5.92 Å². The Kier molecular flexibility index (Phi) is 18.8. The summed E-state index contributed by atoms with van der Waals surface area (Å²) < 4.78 is 16.7. The molecular weight excluding hydrogens is 527 g/mol. The van der Waals surface area contributed by atoms with E-state index in [4.69, 9.17) is 13.3 Å². The van der Waals surface area contributed by atoms with E-state index < -0.39 is 16.9 Å². The van der Waals surface area contributed by atoms with Gasteiger partial charge in [-0.1, -0.05) is 32.0 Å². The van der Waals surface area contributed by atoms with E-state index in [1.807, 2.05) is 6.08 Å². The SMILES string of the molecule is C=CC[Si](C)(C)C1=[C-]CC=C1C(C)C[Si](OC)(OC)OC.[CH3-].[CH3-].[CH3-].[Pt+4]. The van der Waals surface area contributed by atoms with Crippen molar-refractivity contribution in [2.45, 2.75) is 38.5 Å². The van der Waals surface area contributed by atoms with Gasteiger partial charge in [-0.2, -0.15) is 11.6 Å². The molecule has 150 valence electrons.